The van der Waals surface area contributed by atoms with Crippen LogP contribution in [0.15, 0.2) is 130 Å². The van der Waals surface area contributed by atoms with Crippen molar-refractivity contribution in [2.75, 3.05) is 14.1 Å². The van der Waals surface area contributed by atoms with E-state index in [-0.39, 0.29) is 10.8 Å². The molecule has 2 unspecified atom stereocenters. The molecule has 218 valence electrons. The zero-order chi connectivity index (χ0) is 30.1. The van der Waals surface area contributed by atoms with Crippen LogP contribution in [0.4, 0.5) is 5.69 Å². The Morgan fingerprint density at radius 2 is 1.70 bits per heavy atom. The fraction of sp³-hybridized carbons (Fsp3) is 0.325. The van der Waals surface area contributed by atoms with Crippen LogP contribution >= 0.6 is 11.6 Å². The first-order valence-electron chi connectivity index (χ1n) is 15.7. The quantitative estimate of drug-likeness (QED) is 0.325. The molecule has 0 bridgehead atoms. The molecule has 0 radical (unpaired) electrons. The molecule has 2 heterocycles. The van der Waals surface area contributed by atoms with Crippen molar-refractivity contribution >= 4 is 33.8 Å². The molecule has 2 aromatic rings. The highest BCUT2D eigenvalue weighted by atomic mass is 35.5. The van der Waals surface area contributed by atoms with E-state index in [0.29, 0.717) is 11.8 Å². The summed E-state index contributed by atoms with van der Waals surface area (Å²) >= 11 is 7.17. The molecule has 7 rings (SSSR count). The Morgan fingerprint density at radius 3 is 2.53 bits per heavy atom. The van der Waals surface area contributed by atoms with Gasteiger partial charge in [-0.1, -0.05) is 92.2 Å². The molecule has 0 saturated heterocycles. The van der Waals surface area contributed by atoms with Crippen molar-refractivity contribution in [3.05, 3.63) is 136 Å². The maximum absolute atomic E-state index is 7.17. The number of hydrogen-bond donors (Lipinski definition) is 0. The van der Waals surface area contributed by atoms with Crippen LogP contribution in [0, 0.1) is 17.3 Å². The van der Waals surface area contributed by atoms with Gasteiger partial charge in [-0.25, -0.2) is 0 Å². The van der Waals surface area contributed by atoms with Crippen molar-refractivity contribution in [1.82, 2.24) is 4.90 Å². The molecule has 0 saturated carbocycles. The molecule has 5 aliphatic rings. The van der Waals surface area contributed by atoms with E-state index >= 15 is 0 Å². The third-order valence-electron chi connectivity index (χ3n) is 10.5. The fourth-order valence-electron chi connectivity index (χ4n) is 8.36. The van der Waals surface area contributed by atoms with Gasteiger partial charge in [0.25, 0.3) is 0 Å². The highest BCUT2D eigenvalue weighted by Gasteiger charge is 2.46. The zero-order valence-electron chi connectivity index (χ0n) is 26.3. The van der Waals surface area contributed by atoms with Gasteiger partial charge in [0, 0.05) is 58.4 Å². The Balaban J connectivity index is 1.19. The minimum absolute atomic E-state index is 0.0492. The second-order valence-electron chi connectivity index (χ2n) is 13.7. The Hall–Kier alpha value is -3.62. The van der Waals surface area contributed by atoms with Crippen LogP contribution in [-0.4, -0.2) is 29.3 Å². The minimum atomic E-state index is -0.103. The normalized spacial score (nSPS) is 27.4. The van der Waals surface area contributed by atoms with Crippen LogP contribution in [0.1, 0.15) is 52.5 Å². The molecule has 0 N–H and O–H groups in total. The molecule has 3 aliphatic carbocycles. The van der Waals surface area contributed by atoms with Gasteiger partial charge in [-0.2, -0.15) is 4.58 Å². The third-order valence-corrected chi connectivity index (χ3v) is 11.0. The van der Waals surface area contributed by atoms with E-state index in [4.69, 9.17) is 11.6 Å². The summed E-state index contributed by atoms with van der Waals surface area (Å²) in [6, 6.07) is 13.3. The largest absolute Gasteiger partial charge is 0.347 e. The van der Waals surface area contributed by atoms with Gasteiger partial charge in [-0.3, -0.25) is 0 Å². The van der Waals surface area contributed by atoms with Crippen LogP contribution in [0.25, 0.3) is 10.8 Å². The molecule has 2 atom stereocenters. The number of benzene rings is 2. The lowest BCUT2D eigenvalue weighted by molar-refractivity contribution is -0.401. The van der Waals surface area contributed by atoms with Crippen LogP contribution in [-0.2, 0) is 5.41 Å². The second kappa shape index (κ2) is 10.2. The molecule has 2 aliphatic heterocycles. The van der Waals surface area contributed by atoms with Gasteiger partial charge in [0.1, 0.15) is 7.05 Å². The third kappa shape index (κ3) is 4.32. The maximum atomic E-state index is 7.17. The number of likely N-dealkylation sites (N-methyl/N-ethyl adjacent to an activating group) is 1. The highest BCUT2D eigenvalue weighted by molar-refractivity contribution is 6.32. The van der Waals surface area contributed by atoms with E-state index in [1.54, 1.807) is 0 Å². The van der Waals surface area contributed by atoms with Gasteiger partial charge < -0.3 is 4.90 Å². The lowest BCUT2D eigenvalue weighted by Crippen LogP contribution is -2.27. The van der Waals surface area contributed by atoms with E-state index in [1.165, 1.54) is 55.8 Å². The van der Waals surface area contributed by atoms with Crippen LogP contribution in [0.2, 0.25) is 0 Å². The molecule has 43 heavy (non-hydrogen) atoms. The standard InChI is InChI=1S/C40H42ClN2/c1-39(2)34(42(5)32-22-18-26-12-7-9-16-30(26)36(32)39)24-20-28-14-11-15-29(38(28)41)21-25-35-40(3,4)37-31-17-10-8-13-27(31)19-23-33(37)43(35)6/h7-10,12-13,16-26,30H,11,14-15H2,1-6H3/q+1. The average molecular weight is 586 g/mol. The van der Waals surface area contributed by atoms with E-state index in [9.17, 15) is 0 Å². The van der Waals surface area contributed by atoms with Crippen molar-refractivity contribution in [2.24, 2.45) is 17.3 Å². The predicted octanol–water partition coefficient (Wildman–Crippen LogP) is 10.0. The summed E-state index contributed by atoms with van der Waals surface area (Å²) < 4.78 is 2.36. The van der Waals surface area contributed by atoms with Crippen LogP contribution < -0.4 is 0 Å². The molecule has 0 amide bonds. The second-order valence-corrected chi connectivity index (χ2v) is 14.1. The first-order chi connectivity index (χ1) is 20.6. The number of nitrogens with zero attached hydrogens (tertiary/aromatic N) is 2. The summed E-state index contributed by atoms with van der Waals surface area (Å²) in [7, 11) is 4.41. The van der Waals surface area contributed by atoms with Crippen LogP contribution in [0.3, 0.4) is 0 Å². The van der Waals surface area contributed by atoms with E-state index in [1.807, 2.05) is 0 Å². The van der Waals surface area contributed by atoms with Gasteiger partial charge in [-0.15, -0.1) is 0 Å². The molecule has 0 fully saturated rings. The minimum Gasteiger partial charge on any atom is -0.347 e. The van der Waals surface area contributed by atoms with E-state index in [2.05, 4.69) is 148 Å². The first-order valence-corrected chi connectivity index (χ1v) is 16.1. The molecule has 3 heteroatoms. The molecule has 0 aromatic heterocycles. The Kier molecular flexibility index (Phi) is 6.71. The van der Waals surface area contributed by atoms with E-state index < -0.39 is 0 Å². The van der Waals surface area contributed by atoms with Gasteiger partial charge in [0.2, 0.25) is 5.69 Å². The number of fused-ring (bicyclic) bond motifs is 5. The van der Waals surface area contributed by atoms with E-state index in [0.717, 1.165) is 24.3 Å². The number of allylic oxidation sites excluding steroid dienone is 14. The van der Waals surface area contributed by atoms with Crippen molar-refractivity contribution < 1.29 is 4.58 Å². The van der Waals surface area contributed by atoms with Gasteiger partial charge in [0.05, 0.1) is 5.41 Å². The lowest BCUT2D eigenvalue weighted by Gasteiger charge is -2.33. The Morgan fingerprint density at radius 1 is 0.907 bits per heavy atom. The Labute approximate surface area is 262 Å². The number of hydrogen-bond acceptors (Lipinski definition) is 1. The molecule has 2 nitrogen and oxygen atoms in total. The summed E-state index contributed by atoms with van der Waals surface area (Å²) in [5.74, 6) is 0.878. The zero-order valence-corrected chi connectivity index (χ0v) is 27.0. The summed E-state index contributed by atoms with van der Waals surface area (Å²) in [5.41, 5.74) is 10.5. The van der Waals surface area contributed by atoms with Crippen molar-refractivity contribution in [3.63, 3.8) is 0 Å². The fourth-order valence-corrected chi connectivity index (χ4v) is 8.67. The maximum Gasteiger partial charge on any atom is 0.210 e. The molecule has 2 aromatic carbocycles. The smallest absolute Gasteiger partial charge is 0.210 e. The number of halogens is 1. The molecular formula is C40H42ClN2+. The SMILES string of the molecule is CN1C(=CC=C2CCCC(C=CC3=[N+](C)c4ccc5ccccc5c4C3(C)C)=C2Cl)C(C)(C)C2=C1C=CC1C=CC=CC21. The average Bonchev–Trinajstić information content (AvgIpc) is 3.33. The predicted molar refractivity (Wildman–Crippen MR) is 183 cm³/mol. The number of rotatable bonds is 3. The van der Waals surface area contributed by atoms with Gasteiger partial charge in [-0.05, 0) is 78.8 Å². The molecule has 0 spiro atoms. The lowest BCUT2D eigenvalue weighted by atomic mass is 9.69. The van der Waals surface area contributed by atoms with Gasteiger partial charge >= 0.3 is 0 Å². The van der Waals surface area contributed by atoms with Crippen molar-refractivity contribution in [3.8, 4) is 0 Å². The Bertz CT molecular complexity index is 1830. The highest BCUT2D eigenvalue weighted by Crippen LogP contribution is 2.54. The summed E-state index contributed by atoms with van der Waals surface area (Å²) in [6.07, 6.45) is 26.1. The summed E-state index contributed by atoms with van der Waals surface area (Å²) in [6.45, 7) is 9.45. The monoisotopic (exact) mass is 585 g/mol. The topological polar surface area (TPSA) is 6.25 Å². The van der Waals surface area contributed by atoms with Crippen molar-refractivity contribution in [2.45, 2.75) is 52.4 Å². The van der Waals surface area contributed by atoms with Crippen molar-refractivity contribution in [1.29, 1.82) is 0 Å². The van der Waals surface area contributed by atoms with Gasteiger partial charge in [0.15, 0.2) is 5.71 Å². The summed E-state index contributed by atoms with van der Waals surface area (Å²) in [5, 5.41) is 3.55. The molecular weight excluding hydrogens is 544 g/mol. The van der Waals surface area contributed by atoms with Crippen LogP contribution in [0.5, 0.6) is 0 Å². The summed E-state index contributed by atoms with van der Waals surface area (Å²) in [4.78, 5) is 2.39. The first kappa shape index (κ1) is 28.2.